The van der Waals surface area contributed by atoms with E-state index < -0.39 is 0 Å². The van der Waals surface area contributed by atoms with E-state index in [1.165, 1.54) is 6.39 Å². The highest BCUT2D eigenvalue weighted by Crippen LogP contribution is 2.14. The van der Waals surface area contributed by atoms with E-state index in [1.54, 1.807) is 12.4 Å². The molecule has 0 unspecified atom stereocenters. The van der Waals surface area contributed by atoms with Gasteiger partial charge in [-0.2, -0.15) is 0 Å². The number of rotatable bonds is 5. The first-order valence-corrected chi connectivity index (χ1v) is 6.76. The number of nitrogens with one attached hydrogen (secondary N) is 1. The molecule has 0 atom stereocenters. The lowest BCUT2D eigenvalue weighted by Gasteiger charge is -2.05. The van der Waals surface area contributed by atoms with E-state index in [0.29, 0.717) is 17.4 Å². The van der Waals surface area contributed by atoms with Crippen molar-refractivity contribution in [2.45, 2.75) is 6.42 Å². The second kappa shape index (κ2) is 6.32. The summed E-state index contributed by atoms with van der Waals surface area (Å²) in [4.78, 5) is 8.41. The molecule has 2 heterocycles. The Morgan fingerprint density at radius 1 is 1.19 bits per heavy atom. The number of nitrogens with zero attached hydrogens (tertiary/aromatic N) is 4. The molecular formula is C14H12ClN5O. The van der Waals surface area contributed by atoms with Gasteiger partial charge in [0.2, 0.25) is 12.3 Å². The average Bonchev–Trinajstić information content (AvgIpc) is 3.02. The van der Waals surface area contributed by atoms with Gasteiger partial charge in [0.25, 0.3) is 5.89 Å². The van der Waals surface area contributed by atoms with Crippen LogP contribution in [0, 0.1) is 0 Å². The largest absolute Gasteiger partial charge is 0.423 e. The molecule has 0 aliphatic heterocycles. The molecule has 3 rings (SSSR count). The Morgan fingerprint density at radius 2 is 2.05 bits per heavy atom. The summed E-state index contributed by atoms with van der Waals surface area (Å²) in [5.74, 6) is 0.959. The van der Waals surface area contributed by atoms with E-state index >= 15 is 0 Å². The van der Waals surface area contributed by atoms with Crippen LogP contribution in [0.3, 0.4) is 0 Å². The van der Waals surface area contributed by atoms with Crippen LogP contribution in [-0.2, 0) is 6.42 Å². The van der Waals surface area contributed by atoms with Crippen molar-refractivity contribution in [1.82, 2.24) is 20.2 Å². The van der Waals surface area contributed by atoms with Crippen LogP contribution in [-0.4, -0.2) is 26.7 Å². The Balaban J connectivity index is 1.56. The fraction of sp³-hybridized carbons (Fsp3) is 0.143. The predicted molar refractivity (Wildman–Crippen MR) is 79.0 cm³/mol. The number of hydrogen-bond donors (Lipinski definition) is 1. The molecule has 0 saturated carbocycles. The number of anilines is 1. The minimum atomic E-state index is 0.403. The molecule has 0 fully saturated rings. The average molecular weight is 302 g/mol. The summed E-state index contributed by atoms with van der Waals surface area (Å²) in [5.41, 5.74) is 1.85. The van der Waals surface area contributed by atoms with Crippen LogP contribution in [0.25, 0.3) is 11.5 Å². The minimum absolute atomic E-state index is 0.403. The smallest absolute Gasteiger partial charge is 0.250 e. The van der Waals surface area contributed by atoms with Crippen molar-refractivity contribution < 1.29 is 4.42 Å². The maximum Gasteiger partial charge on any atom is 0.250 e. The normalized spacial score (nSPS) is 10.5. The van der Waals surface area contributed by atoms with E-state index in [4.69, 9.17) is 16.0 Å². The summed E-state index contributed by atoms with van der Waals surface area (Å²) in [7, 11) is 0. The maximum atomic E-state index is 5.94. The molecule has 0 bridgehead atoms. The van der Waals surface area contributed by atoms with Gasteiger partial charge >= 0.3 is 0 Å². The molecule has 7 heteroatoms. The van der Waals surface area contributed by atoms with Gasteiger partial charge in [-0.05, 0) is 24.1 Å². The van der Waals surface area contributed by atoms with Gasteiger partial charge in [0.15, 0.2) is 0 Å². The van der Waals surface area contributed by atoms with Crippen LogP contribution in [0.4, 0.5) is 5.95 Å². The van der Waals surface area contributed by atoms with Gasteiger partial charge in [0, 0.05) is 24.0 Å². The predicted octanol–water partition coefficient (Wildman–Crippen LogP) is 2.83. The maximum absolute atomic E-state index is 5.94. The second-order valence-electron chi connectivity index (χ2n) is 4.35. The molecule has 21 heavy (non-hydrogen) atoms. The van der Waals surface area contributed by atoms with Gasteiger partial charge in [-0.1, -0.05) is 23.7 Å². The SMILES string of the molecule is Clc1cccc(CCNc2ncc(-c3nnco3)cn2)c1. The fourth-order valence-electron chi connectivity index (χ4n) is 1.84. The summed E-state index contributed by atoms with van der Waals surface area (Å²) >= 11 is 5.94. The van der Waals surface area contributed by atoms with Crippen molar-refractivity contribution in [3.8, 4) is 11.5 Å². The number of halogens is 1. The number of hydrogen-bond acceptors (Lipinski definition) is 6. The van der Waals surface area contributed by atoms with Crippen LogP contribution >= 0.6 is 11.6 Å². The van der Waals surface area contributed by atoms with Gasteiger partial charge in [-0.25, -0.2) is 9.97 Å². The van der Waals surface area contributed by atoms with Gasteiger partial charge in [0.05, 0.1) is 5.56 Å². The third-order valence-electron chi connectivity index (χ3n) is 2.84. The van der Waals surface area contributed by atoms with E-state index in [1.807, 2.05) is 24.3 Å². The van der Waals surface area contributed by atoms with Gasteiger partial charge < -0.3 is 9.73 Å². The van der Waals surface area contributed by atoms with E-state index in [0.717, 1.165) is 23.6 Å². The summed E-state index contributed by atoms with van der Waals surface area (Å²) in [6, 6.07) is 7.78. The van der Waals surface area contributed by atoms with Crippen molar-refractivity contribution in [2.24, 2.45) is 0 Å². The Labute approximate surface area is 126 Å². The van der Waals surface area contributed by atoms with Crippen molar-refractivity contribution in [2.75, 3.05) is 11.9 Å². The highest BCUT2D eigenvalue weighted by molar-refractivity contribution is 6.30. The molecule has 6 nitrogen and oxygen atoms in total. The Kier molecular flexibility index (Phi) is 4.07. The topological polar surface area (TPSA) is 76.7 Å². The number of aromatic nitrogens is 4. The third kappa shape index (κ3) is 3.55. The summed E-state index contributed by atoms with van der Waals surface area (Å²) in [5, 5.41) is 11.3. The molecule has 0 saturated heterocycles. The van der Waals surface area contributed by atoms with Crippen LogP contribution in [0.2, 0.25) is 5.02 Å². The minimum Gasteiger partial charge on any atom is -0.423 e. The monoisotopic (exact) mass is 301 g/mol. The van der Waals surface area contributed by atoms with E-state index in [-0.39, 0.29) is 0 Å². The van der Waals surface area contributed by atoms with Crippen LogP contribution in [0.5, 0.6) is 0 Å². The fourth-order valence-corrected chi connectivity index (χ4v) is 2.05. The van der Waals surface area contributed by atoms with Crippen LogP contribution in [0.15, 0.2) is 47.5 Å². The molecule has 0 amide bonds. The molecule has 0 spiro atoms. The summed E-state index contributed by atoms with van der Waals surface area (Å²) < 4.78 is 5.07. The van der Waals surface area contributed by atoms with Gasteiger partial charge in [-0.15, -0.1) is 10.2 Å². The molecule has 1 aromatic carbocycles. The molecular weight excluding hydrogens is 290 g/mol. The highest BCUT2D eigenvalue weighted by Gasteiger charge is 2.04. The first kappa shape index (κ1) is 13.5. The van der Waals surface area contributed by atoms with Crippen molar-refractivity contribution in [3.05, 3.63) is 53.6 Å². The molecule has 0 aliphatic carbocycles. The number of benzene rings is 1. The van der Waals surface area contributed by atoms with Crippen LogP contribution < -0.4 is 5.32 Å². The zero-order valence-electron chi connectivity index (χ0n) is 11.0. The lowest BCUT2D eigenvalue weighted by molar-refractivity contribution is 0.568. The standard InChI is InChI=1S/C14H12ClN5O/c15-12-3-1-2-10(6-12)4-5-16-14-17-7-11(8-18-14)13-20-19-9-21-13/h1-3,6-9H,4-5H2,(H,16,17,18). The van der Waals surface area contributed by atoms with Crippen molar-refractivity contribution >= 4 is 17.5 Å². The van der Waals surface area contributed by atoms with Crippen molar-refractivity contribution in [1.29, 1.82) is 0 Å². The van der Waals surface area contributed by atoms with Gasteiger partial charge in [0.1, 0.15) is 0 Å². The Morgan fingerprint density at radius 3 is 2.76 bits per heavy atom. The quantitative estimate of drug-likeness (QED) is 0.781. The Hall–Kier alpha value is -2.47. The molecule has 2 aromatic heterocycles. The van der Waals surface area contributed by atoms with E-state index in [2.05, 4.69) is 25.5 Å². The van der Waals surface area contributed by atoms with Crippen LogP contribution in [0.1, 0.15) is 5.56 Å². The molecule has 0 aliphatic rings. The zero-order valence-corrected chi connectivity index (χ0v) is 11.8. The second-order valence-corrected chi connectivity index (χ2v) is 4.78. The molecule has 0 radical (unpaired) electrons. The lowest BCUT2D eigenvalue weighted by atomic mass is 10.1. The lowest BCUT2D eigenvalue weighted by Crippen LogP contribution is -2.07. The Bertz CT molecular complexity index is 700. The molecule has 1 N–H and O–H groups in total. The highest BCUT2D eigenvalue weighted by atomic mass is 35.5. The first-order valence-electron chi connectivity index (χ1n) is 6.38. The summed E-state index contributed by atoms with van der Waals surface area (Å²) in [6.45, 7) is 0.722. The third-order valence-corrected chi connectivity index (χ3v) is 3.08. The van der Waals surface area contributed by atoms with Gasteiger partial charge in [-0.3, -0.25) is 0 Å². The van der Waals surface area contributed by atoms with Crippen molar-refractivity contribution in [3.63, 3.8) is 0 Å². The summed E-state index contributed by atoms with van der Waals surface area (Å²) in [6.07, 6.45) is 5.40. The molecule has 3 aromatic rings. The zero-order chi connectivity index (χ0) is 14.5. The van der Waals surface area contributed by atoms with E-state index in [9.17, 15) is 0 Å². The molecule has 106 valence electrons. The first-order chi connectivity index (χ1) is 10.3.